The summed E-state index contributed by atoms with van der Waals surface area (Å²) in [6.07, 6.45) is 3.51. The summed E-state index contributed by atoms with van der Waals surface area (Å²) in [7, 11) is 1.90. The molecule has 1 fully saturated rings. The minimum atomic E-state index is -0.221. The van der Waals surface area contributed by atoms with Crippen molar-refractivity contribution in [3.8, 4) is 0 Å². The molecule has 2 atom stereocenters. The Hall–Kier alpha value is -1.06. The van der Waals surface area contributed by atoms with Crippen LogP contribution < -0.4 is 5.73 Å². The second-order valence-corrected chi connectivity index (χ2v) is 5.26. The average molecular weight is 283 g/mol. The van der Waals surface area contributed by atoms with Crippen LogP contribution in [0.25, 0.3) is 0 Å². The average Bonchev–Trinajstić information content (AvgIpc) is 2.35. The van der Waals surface area contributed by atoms with E-state index in [1.807, 2.05) is 49.2 Å². The van der Waals surface area contributed by atoms with Crippen LogP contribution in [-0.2, 0) is 4.79 Å². The maximum Gasteiger partial charge on any atom is 0.227 e. The van der Waals surface area contributed by atoms with Gasteiger partial charge in [0.15, 0.2) is 0 Å². The number of nitrogens with zero attached hydrogens (tertiary/aromatic N) is 1. The summed E-state index contributed by atoms with van der Waals surface area (Å²) in [4.78, 5) is 14.2. The molecule has 1 aromatic rings. The monoisotopic (exact) mass is 282 g/mol. The molecule has 1 aromatic carbocycles. The lowest BCUT2D eigenvalue weighted by molar-refractivity contribution is -0.138. The van der Waals surface area contributed by atoms with Crippen molar-refractivity contribution in [2.24, 2.45) is 11.7 Å². The minimum absolute atomic E-state index is 0. The SMILES string of the molecule is CC(C(=O)N(C)C1CCC1)C(N)c1ccccc1.Cl. The zero-order valence-electron chi connectivity index (χ0n) is 11.6. The summed E-state index contributed by atoms with van der Waals surface area (Å²) in [6.45, 7) is 1.93. The van der Waals surface area contributed by atoms with Crippen LogP contribution in [0, 0.1) is 5.92 Å². The third-order valence-corrected chi connectivity index (χ3v) is 4.08. The van der Waals surface area contributed by atoms with E-state index in [1.165, 1.54) is 6.42 Å². The first-order valence-electron chi connectivity index (χ1n) is 6.68. The molecule has 0 bridgehead atoms. The van der Waals surface area contributed by atoms with Gasteiger partial charge in [-0.15, -0.1) is 12.4 Å². The van der Waals surface area contributed by atoms with Gasteiger partial charge in [0.25, 0.3) is 0 Å². The molecule has 1 amide bonds. The number of carbonyl (C=O) groups is 1. The molecule has 1 saturated carbocycles. The summed E-state index contributed by atoms with van der Waals surface area (Å²) in [5.41, 5.74) is 7.22. The Bertz CT molecular complexity index is 406. The van der Waals surface area contributed by atoms with E-state index in [9.17, 15) is 4.79 Å². The van der Waals surface area contributed by atoms with Gasteiger partial charge < -0.3 is 10.6 Å². The third kappa shape index (κ3) is 3.48. The Morgan fingerprint density at radius 3 is 2.37 bits per heavy atom. The summed E-state index contributed by atoms with van der Waals surface area (Å²) >= 11 is 0. The number of hydrogen-bond acceptors (Lipinski definition) is 2. The van der Waals surface area contributed by atoms with E-state index in [2.05, 4.69) is 0 Å². The molecular weight excluding hydrogens is 260 g/mol. The smallest absolute Gasteiger partial charge is 0.227 e. The predicted octanol–water partition coefficient (Wildman–Crippen LogP) is 2.76. The van der Waals surface area contributed by atoms with Crippen molar-refractivity contribution in [2.45, 2.75) is 38.3 Å². The highest BCUT2D eigenvalue weighted by atomic mass is 35.5. The quantitative estimate of drug-likeness (QED) is 0.923. The van der Waals surface area contributed by atoms with Crippen molar-refractivity contribution >= 4 is 18.3 Å². The van der Waals surface area contributed by atoms with Crippen LogP contribution >= 0.6 is 12.4 Å². The van der Waals surface area contributed by atoms with E-state index in [4.69, 9.17) is 5.73 Å². The molecule has 0 heterocycles. The van der Waals surface area contributed by atoms with Crippen LogP contribution in [0.5, 0.6) is 0 Å². The lowest BCUT2D eigenvalue weighted by atomic mass is 9.89. The Morgan fingerprint density at radius 1 is 1.32 bits per heavy atom. The standard InChI is InChI=1S/C15H22N2O.ClH/c1-11(14(16)12-7-4-3-5-8-12)15(18)17(2)13-9-6-10-13;/h3-5,7-8,11,13-14H,6,9-10,16H2,1-2H3;1H. The number of hydrogen-bond donors (Lipinski definition) is 1. The molecular formula is C15H23ClN2O. The molecule has 1 aliphatic rings. The number of halogens is 1. The van der Waals surface area contributed by atoms with E-state index >= 15 is 0 Å². The molecule has 3 nitrogen and oxygen atoms in total. The Kier molecular flexibility index (Phi) is 5.83. The Balaban J connectivity index is 0.00000180. The maximum absolute atomic E-state index is 12.3. The third-order valence-electron chi connectivity index (χ3n) is 4.08. The first kappa shape index (κ1) is 16.0. The van der Waals surface area contributed by atoms with E-state index in [1.54, 1.807) is 0 Å². The lowest BCUT2D eigenvalue weighted by Gasteiger charge is -2.37. The first-order valence-corrected chi connectivity index (χ1v) is 6.68. The van der Waals surface area contributed by atoms with Crippen LogP contribution in [0.1, 0.15) is 37.8 Å². The van der Waals surface area contributed by atoms with Gasteiger partial charge in [-0.05, 0) is 24.8 Å². The van der Waals surface area contributed by atoms with E-state index in [-0.39, 0.29) is 30.3 Å². The molecule has 2 N–H and O–H groups in total. The van der Waals surface area contributed by atoms with Crippen LogP contribution in [-0.4, -0.2) is 23.9 Å². The molecule has 0 aliphatic heterocycles. The van der Waals surface area contributed by atoms with Crippen LogP contribution in [0.15, 0.2) is 30.3 Å². The van der Waals surface area contributed by atoms with E-state index in [0.717, 1.165) is 18.4 Å². The van der Waals surface area contributed by atoms with Crippen LogP contribution in [0.3, 0.4) is 0 Å². The van der Waals surface area contributed by atoms with Gasteiger partial charge in [-0.25, -0.2) is 0 Å². The molecule has 0 aromatic heterocycles. The fourth-order valence-corrected chi connectivity index (χ4v) is 2.39. The predicted molar refractivity (Wildman–Crippen MR) is 80.2 cm³/mol. The molecule has 2 unspecified atom stereocenters. The topological polar surface area (TPSA) is 46.3 Å². The van der Waals surface area contributed by atoms with Crippen molar-refractivity contribution in [3.05, 3.63) is 35.9 Å². The highest BCUT2D eigenvalue weighted by Gasteiger charge is 2.31. The van der Waals surface area contributed by atoms with E-state index in [0.29, 0.717) is 6.04 Å². The highest BCUT2D eigenvalue weighted by molar-refractivity contribution is 5.85. The number of nitrogens with two attached hydrogens (primary N) is 1. The number of benzene rings is 1. The van der Waals surface area contributed by atoms with Crippen LogP contribution in [0.2, 0.25) is 0 Å². The maximum atomic E-state index is 12.3. The molecule has 0 spiro atoms. The Labute approximate surface area is 121 Å². The van der Waals surface area contributed by atoms with Gasteiger partial charge in [-0.1, -0.05) is 37.3 Å². The van der Waals surface area contributed by atoms with Gasteiger partial charge in [-0.3, -0.25) is 4.79 Å². The zero-order chi connectivity index (χ0) is 13.1. The zero-order valence-corrected chi connectivity index (χ0v) is 12.4. The highest BCUT2D eigenvalue weighted by Crippen LogP contribution is 2.27. The van der Waals surface area contributed by atoms with Gasteiger partial charge in [0.05, 0.1) is 5.92 Å². The normalized spacial score (nSPS) is 17.8. The lowest BCUT2D eigenvalue weighted by Crippen LogP contribution is -2.45. The van der Waals surface area contributed by atoms with Gasteiger partial charge in [0.2, 0.25) is 5.91 Å². The van der Waals surface area contributed by atoms with Crippen molar-refractivity contribution in [2.75, 3.05) is 7.05 Å². The molecule has 2 rings (SSSR count). The molecule has 4 heteroatoms. The molecule has 1 aliphatic carbocycles. The molecule has 0 saturated heterocycles. The summed E-state index contributed by atoms with van der Waals surface area (Å²) in [5, 5.41) is 0. The van der Waals surface area contributed by atoms with Gasteiger partial charge in [0, 0.05) is 19.1 Å². The number of rotatable bonds is 4. The van der Waals surface area contributed by atoms with Crippen molar-refractivity contribution in [1.29, 1.82) is 0 Å². The summed E-state index contributed by atoms with van der Waals surface area (Å²) in [6, 6.07) is 10.1. The molecule has 0 radical (unpaired) electrons. The molecule has 106 valence electrons. The van der Waals surface area contributed by atoms with Crippen LogP contribution in [0.4, 0.5) is 0 Å². The minimum Gasteiger partial charge on any atom is -0.342 e. The van der Waals surface area contributed by atoms with Crippen molar-refractivity contribution in [1.82, 2.24) is 4.90 Å². The fourth-order valence-electron chi connectivity index (χ4n) is 2.39. The van der Waals surface area contributed by atoms with E-state index < -0.39 is 0 Å². The second-order valence-electron chi connectivity index (χ2n) is 5.26. The van der Waals surface area contributed by atoms with Crippen molar-refractivity contribution < 1.29 is 4.79 Å². The van der Waals surface area contributed by atoms with Crippen molar-refractivity contribution in [3.63, 3.8) is 0 Å². The molecule has 19 heavy (non-hydrogen) atoms. The van der Waals surface area contributed by atoms with Gasteiger partial charge in [0.1, 0.15) is 0 Å². The summed E-state index contributed by atoms with van der Waals surface area (Å²) in [5.74, 6) is -0.00551. The Morgan fingerprint density at radius 2 is 1.89 bits per heavy atom. The second kappa shape index (κ2) is 6.92. The van der Waals surface area contributed by atoms with Gasteiger partial charge >= 0.3 is 0 Å². The largest absolute Gasteiger partial charge is 0.342 e. The number of amides is 1. The number of carbonyl (C=O) groups excluding carboxylic acids is 1. The first-order chi connectivity index (χ1) is 8.61. The fraction of sp³-hybridized carbons (Fsp3) is 0.533. The van der Waals surface area contributed by atoms with Gasteiger partial charge in [-0.2, -0.15) is 0 Å². The summed E-state index contributed by atoms with van der Waals surface area (Å²) < 4.78 is 0.